The summed E-state index contributed by atoms with van der Waals surface area (Å²) in [5.74, 6) is 0. The van der Waals surface area contributed by atoms with Gasteiger partial charge in [-0.05, 0) is 11.6 Å². The van der Waals surface area contributed by atoms with Crippen molar-refractivity contribution in [1.29, 1.82) is 0 Å². The van der Waals surface area contributed by atoms with Crippen LogP contribution in [0, 0.1) is 5.41 Å². The molecule has 0 aliphatic rings. The number of hydrogen-bond acceptors (Lipinski definition) is 2. The summed E-state index contributed by atoms with van der Waals surface area (Å²) in [6.07, 6.45) is -4.51. The maximum Gasteiger partial charge on any atom is 0.416 e. The molecule has 0 fully saturated rings. The molecule has 0 radical (unpaired) electrons. The monoisotopic (exact) mass is 310 g/mol. The number of hydrogen-bond donors (Lipinski definition) is 2. The quantitative estimate of drug-likeness (QED) is 0.662. The number of carbonyl (C=O) groups is 1. The maximum atomic E-state index is 12.9. The molecule has 0 saturated heterocycles. The van der Waals surface area contributed by atoms with E-state index in [9.17, 15) is 32.3 Å². The SMILES string of the molecule is CC(C)(C=O)C(c1ccccc1C(F)(F)F)P(=O)(O)O. The Labute approximate surface area is 113 Å². The lowest BCUT2D eigenvalue weighted by atomic mass is 9.84. The molecule has 0 bridgehead atoms. The molecular weight excluding hydrogens is 296 g/mol. The average molecular weight is 310 g/mol. The molecule has 2 N–H and O–H groups in total. The van der Waals surface area contributed by atoms with E-state index in [1.807, 2.05) is 0 Å². The Bertz CT molecular complexity index is 548. The van der Waals surface area contributed by atoms with Crippen LogP contribution in [0.1, 0.15) is 30.6 Å². The zero-order chi connectivity index (χ0) is 15.8. The van der Waals surface area contributed by atoms with Gasteiger partial charge < -0.3 is 14.6 Å². The van der Waals surface area contributed by atoms with E-state index >= 15 is 0 Å². The molecule has 0 aliphatic carbocycles. The molecule has 20 heavy (non-hydrogen) atoms. The minimum Gasteiger partial charge on any atom is -0.324 e. The molecule has 4 nitrogen and oxygen atoms in total. The van der Waals surface area contributed by atoms with Crippen molar-refractivity contribution in [2.45, 2.75) is 25.7 Å². The molecule has 1 aromatic carbocycles. The predicted octanol–water partition coefficient (Wildman–Crippen LogP) is 3.15. The zero-order valence-electron chi connectivity index (χ0n) is 10.8. The van der Waals surface area contributed by atoms with Crippen molar-refractivity contribution in [2.75, 3.05) is 0 Å². The molecule has 0 saturated carbocycles. The highest BCUT2D eigenvalue weighted by Gasteiger charge is 2.47. The normalized spacial score (nSPS) is 14.9. The second kappa shape index (κ2) is 5.31. The van der Waals surface area contributed by atoms with Crippen LogP contribution in [-0.2, 0) is 15.5 Å². The van der Waals surface area contributed by atoms with E-state index in [4.69, 9.17) is 0 Å². The van der Waals surface area contributed by atoms with E-state index in [0.717, 1.165) is 18.2 Å². The van der Waals surface area contributed by atoms with E-state index in [-0.39, 0.29) is 6.29 Å². The molecule has 8 heteroatoms. The Morgan fingerprint density at radius 2 is 1.70 bits per heavy atom. The van der Waals surface area contributed by atoms with Crippen LogP contribution in [0.2, 0.25) is 0 Å². The van der Waals surface area contributed by atoms with Crippen molar-refractivity contribution in [3.63, 3.8) is 0 Å². The highest BCUT2D eigenvalue weighted by Crippen LogP contribution is 2.61. The molecule has 0 aromatic heterocycles. The van der Waals surface area contributed by atoms with Gasteiger partial charge in [0.25, 0.3) is 0 Å². The van der Waals surface area contributed by atoms with Crippen LogP contribution in [0.4, 0.5) is 13.2 Å². The molecule has 0 heterocycles. The Hall–Kier alpha value is -1.17. The molecule has 0 spiro atoms. The summed E-state index contributed by atoms with van der Waals surface area (Å²) in [5, 5.41) is 0. The molecule has 1 rings (SSSR count). The second-order valence-electron chi connectivity index (χ2n) is 5.02. The molecule has 112 valence electrons. The zero-order valence-corrected chi connectivity index (χ0v) is 11.7. The van der Waals surface area contributed by atoms with Gasteiger partial charge in [0.05, 0.1) is 11.2 Å². The van der Waals surface area contributed by atoms with Gasteiger partial charge in [0.1, 0.15) is 6.29 Å². The molecule has 1 unspecified atom stereocenters. The van der Waals surface area contributed by atoms with Gasteiger partial charge in [0, 0.05) is 5.41 Å². The van der Waals surface area contributed by atoms with Crippen LogP contribution < -0.4 is 0 Å². The summed E-state index contributed by atoms with van der Waals surface area (Å²) in [6, 6.07) is 4.09. The van der Waals surface area contributed by atoms with Crippen LogP contribution in [0.15, 0.2) is 24.3 Å². The minimum absolute atomic E-state index is 0.254. The third kappa shape index (κ3) is 3.48. The fraction of sp³-hybridized carbons (Fsp3) is 0.417. The lowest BCUT2D eigenvalue weighted by Gasteiger charge is -2.31. The molecule has 0 aliphatic heterocycles. The lowest BCUT2D eigenvalue weighted by Crippen LogP contribution is -2.26. The van der Waals surface area contributed by atoms with Gasteiger partial charge in [-0.2, -0.15) is 13.2 Å². The first-order chi connectivity index (χ1) is 8.91. The first-order valence-corrected chi connectivity index (χ1v) is 7.27. The summed E-state index contributed by atoms with van der Waals surface area (Å²) < 4.78 is 50.4. The van der Waals surface area contributed by atoms with Gasteiger partial charge in [0.2, 0.25) is 0 Å². The first kappa shape index (κ1) is 16.9. The number of aldehydes is 1. The molecular formula is C12H14F3O4P. The molecule has 1 atom stereocenters. The molecule has 1 aromatic rings. The largest absolute Gasteiger partial charge is 0.416 e. The lowest BCUT2D eigenvalue weighted by molar-refractivity contribution is -0.138. The summed E-state index contributed by atoms with van der Waals surface area (Å²) in [4.78, 5) is 29.8. The number of rotatable bonds is 4. The number of carbonyl (C=O) groups excluding carboxylic acids is 1. The summed E-state index contributed by atoms with van der Waals surface area (Å²) in [5.41, 5.74) is -5.22. The second-order valence-corrected chi connectivity index (χ2v) is 6.71. The summed E-state index contributed by atoms with van der Waals surface area (Å²) >= 11 is 0. The van der Waals surface area contributed by atoms with Gasteiger partial charge in [-0.3, -0.25) is 4.57 Å². The Morgan fingerprint density at radius 3 is 2.10 bits per heavy atom. The summed E-state index contributed by atoms with van der Waals surface area (Å²) in [7, 11) is -4.96. The minimum atomic E-state index is -4.96. The van der Waals surface area contributed by atoms with Crippen LogP contribution in [0.25, 0.3) is 0 Å². The topological polar surface area (TPSA) is 74.6 Å². The van der Waals surface area contributed by atoms with Crippen molar-refractivity contribution in [2.24, 2.45) is 5.41 Å². The van der Waals surface area contributed by atoms with Crippen LogP contribution >= 0.6 is 7.60 Å². The standard InChI is InChI=1S/C12H14F3O4P/c1-11(2,7-16)10(20(17,18)19)8-5-3-4-6-9(8)12(13,14)15/h3-7,10H,1-2H3,(H2,17,18,19). The highest BCUT2D eigenvalue weighted by atomic mass is 31.2. The predicted molar refractivity (Wildman–Crippen MR) is 66.1 cm³/mol. The van der Waals surface area contributed by atoms with Crippen LogP contribution in [0.3, 0.4) is 0 Å². The maximum absolute atomic E-state index is 12.9. The fourth-order valence-electron chi connectivity index (χ4n) is 2.07. The Morgan fingerprint density at radius 1 is 1.20 bits per heavy atom. The first-order valence-electron chi connectivity index (χ1n) is 5.59. The van der Waals surface area contributed by atoms with E-state index in [1.165, 1.54) is 19.9 Å². The van der Waals surface area contributed by atoms with Gasteiger partial charge in [0.15, 0.2) is 0 Å². The van der Waals surface area contributed by atoms with Crippen LogP contribution in [-0.4, -0.2) is 16.1 Å². The van der Waals surface area contributed by atoms with E-state index < -0.39 is 36.0 Å². The van der Waals surface area contributed by atoms with Crippen LogP contribution in [0.5, 0.6) is 0 Å². The third-order valence-electron chi connectivity index (χ3n) is 2.91. The Balaban J connectivity index is 3.61. The van der Waals surface area contributed by atoms with Crippen molar-refractivity contribution >= 4 is 13.9 Å². The van der Waals surface area contributed by atoms with E-state index in [0.29, 0.717) is 0 Å². The third-order valence-corrected chi connectivity index (χ3v) is 4.52. The van der Waals surface area contributed by atoms with Gasteiger partial charge >= 0.3 is 13.8 Å². The number of benzene rings is 1. The smallest absolute Gasteiger partial charge is 0.324 e. The number of halogens is 3. The number of alkyl halides is 3. The fourth-order valence-corrected chi connectivity index (χ4v) is 3.59. The van der Waals surface area contributed by atoms with E-state index in [2.05, 4.69) is 0 Å². The molecule has 0 amide bonds. The average Bonchev–Trinajstić information content (AvgIpc) is 2.26. The van der Waals surface area contributed by atoms with Crippen molar-refractivity contribution in [3.05, 3.63) is 35.4 Å². The van der Waals surface area contributed by atoms with Gasteiger partial charge in [-0.1, -0.05) is 32.0 Å². The van der Waals surface area contributed by atoms with E-state index in [1.54, 1.807) is 0 Å². The summed E-state index contributed by atoms with van der Waals surface area (Å²) in [6.45, 7) is 2.38. The van der Waals surface area contributed by atoms with Crippen molar-refractivity contribution in [3.8, 4) is 0 Å². The highest BCUT2D eigenvalue weighted by molar-refractivity contribution is 7.52. The van der Waals surface area contributed by atoms with Crippen molar-refractivity contribution in [1.82, 2.24) is 0 Å². The Kier molecular flexibility index (Phi) is 4.49. The van der Waals surface area contributed by atoms with Gasteiger partial charge in [-0.15, -0.1) is 0 Å². The van der Waals surface area contributed by atoms with Crippen molar-refractivity contribution < 1.29 is 32.3 Å². The van der Waals surface area contributed by atoms with Gasteiger partial charge in [-0.25, -0.2) is 0 Å².